The SMILES string of the molecule is CCCCN(CCC)c1ccc(NC(=O)c2ccccc2-c2ccccc2)cc1. The first-order chi connectivity index (χ1) is 14.2. The van der Waals surface area contributed by atoms with Gasteiger partial charge in [0, 0.05) is 30.0 Å². The van der Waals surface area contributed by atoms with E-state index in [1.165, 1.54) is 18.5 Å². The summed E-state index contributed by atoms with van der Waals surface area (Å²) in [4.78, 5) is 15.4. The van der Waals surface area contributed by atoms with Gasteiger partial charge in [0.2, 0.25) is 0 Å². The Hall–Kier alpha value is -3.07. The first-order valence-electron chi connectivity index (χ1n) is 10.5. The standard InChI is InChI=1S/C26H30N2O/c1-3-5-20-28(19-4-2)23-17-15-22(16-18-23)27-26(29)25-14-10-9-13-24(25)21-11-7-6-8-12-21/h6-18H,3-5,19-20H2,1-2H3,(H,27,29). The van der Waals surface area contributed by atoms with Gasteiger partial charge < -0.3 is 10.2 Å². The third-order valence-corrected chi connectivity index (χ3v) is 5.02. The lowest BCUT2D eigenvalue weighted by Crippen LogP contribution is -2.25. The third kappa shape index (κ3) is 5.47. The summed E-state index contributed by atoms with van der Waals surface area (Å²) in [5, 5.41) is 3.05. The van der Waals surface area contributed by atoms with Gasteiger partial charge in [0.1, 0.15) is 0 Å². The summed E-state index contributed by atoms with van der Waals surface area (Å²) in [5.74, 6) is -0.0893. The second-order valence-electron chi connectivity index (χ2n) is 7.25. The molecule has 0 bridgehead atoms. The Morgan fingerprint density at radius 3 is 2.17 bits per heavy atom. The smallest absolute Gasteiger partial charge is 0.256 e. The molecule has 0 aliphatic heterocycles. The Labute approximate surface area is 174 Å². The maximum atomic E-state index is 12.9. The molecule has 0 fully saturated rings. The fourth-order valence-corrected chi connectivity index (χ4v) is 3.49. The van der Waals surface area contributed by atoms with Crippen LogP contribution in [0.3, 0.4) is 0 Å². The molecule has 0 aliphatic rings. The van der Waals surface area contributed by atoms with E-state index < -0.39 is 0 Å². The molecule has 1 amide bonds. The van der Waals surface area contributed by atoms with Crippen molar-refractivity contribution in [2.24, 2.45) is 0 Å². The number of nitrogens with one attached hydrogen (secondary N) is 1. The van der Waals surface area contributed by atoms with Gasteiger partial charge in [-0.15, -0.1) is 0 Å². The number of amides is 1. The molecule has 3 nitrogen and oxygen atoms in total. The van der Waals surface area contributed by atoms with E-state index >= 15 is 0 Å². The molecule has 0 unspecified atom stereocenters. The summed E-state index contributed by atoms with van der Waals surface area (Å²) in [5.41, 5.74) is 4.69. The van der Waals surface area contributed by atoms with E-state index in [2.05, 4.69) is 36.2 Å². The minimum Gasteiger partial charge on any atom is -0.372 e. The number of hydrogen-bond donors (Lipinski definition) is 1. The average Bonchev–Trinajstić information content (AvgIpc) is 2.78. The largest absolute Gasteiger partial charge is 0.372 e. The van der Waals surface area contributed by atoms with Gasteiger partial charge in [-0.2, -0.15) is 0 Å². The summed E-state index contributed by atoms with van der Waals surface area (Å²) < 4.78 is 0. The van der Waals surface area contributed by atoms with Crippen LogP contribution < -0.4 is 10.2 Å². The lowest BCUT2D eigenvalue weighted by Gasteiger charge is -2.24. The molecule has 3 heteroatoms. The molecule has 0 aliphatic carbocycles. The van der Waals surface area contributed by atoms with E-state index in [1.807, 2.05) is 66.7 Å². The maximum Gasteiger partial charge on any atom is 0.256 e. The number of benzene rings is 3. The van der Waals surface area contributed by atoms with Gasteiger partial charge in [-0.1, -0.05) is 68.8 Å². The average molecular weight is 387 g/mol. The molecule has 29 heavy (non-hydrogen) atoms. The molecule has 0 saturated carbocycles. The molecule has 1 N–H and O–H groups in total. The predicted molar refractivity (Wildman–Crippen MR) is 124 cm³/mol. The van der Waals surface area contributed by atoms with Crippen molar-refractivity contribution in [3.8, 4) is 11.1 Å². The highest BCUT2D eigenvalue weighted by Crippen LogP contribution is 2.25. The van der Waals surface area contributed by atoms with Crippen molar-refractivity contribution in [3.63, 3.8) is 0 Å². The fourth-order valence-electron chi connectivity index (χ4n) is 3.49. The zero-order valence-corrected chi connectivity index (χ0v) is 17.4. The quantitative estimate of drug-likeness (QED) is 0.448. The molecule has 3 aromatic carbocycles. The summed E-state index contributed by atoms with van der Waals surface area (Å²) in [7, 11) is 0. The number of rotatable bonds is 9. The second kappa shape index (κ2) is 10.5. The molecule has 0 spiro atoms. The van der Waals surface area contributed by atoms with Crippen LogP contribution in [0.5, 0.6) is 0 Å². The molecule has 0 saturated heterocycles. The van der Waals surface area contributed by atoms with Crippen molar-refractivity contribution in [1.29, 1.82) is 0 Å². The third-order valence-electron chi connectivity index (χ3n) is 5.02. The summed E-state index contributed by atoms with van der Waals surface area (Å²) in [6.45, 7) is 6.55. The summed E-state index contributed by atoms with van der Waals surface area (Å²) in [6.07, 6.45) is 3.50. The minimum absolute atomic E-state index is 0.0893. The van der Waals surface area contributed by atoms with E-state index in [9.17, 15) is 4.79 Å². The van der Waals surface area contributed by atoms with Gasteiger partial charge in [-0.05, 0) is 54.3 Å². The normalized spacial score (nSPS) is 10.6. The highest BCUT2D eigenvalue weighted by molar-refractivity contribution is 6.08. The molecular formula is C26H30N2O. The van der Waals surface area contributed by atoms with Crippen molar-refractivity contribution in [1.82, 2.24) is 0 Å². The topological polar surface area (TPSA) is 32.3 Å². The molecule has 0 radical (unpaired) electrons. The Bertz CT molecular complexity index is 904. The van der Waals surface area contributed by atoms with Crippen molar-refractivity contribution in [2.75, 3.05) is 23.3 Å². The van der Waals surface area contributed by atoms with Gasteiger partial charge in [0.15, 0.2) is 0 Å². The molecule has 3 rings (SSSR count). The van der Waals surface area contributed by atoms with Crippen LogP contribution in [0.15, 0.2) is 78.9 Å². The highest BCUT2D eigenvalue weighted by Gasteiger charge is 2.13. The van der Waals surface area contributed by atoms with Crippen LogP contribution in [0.2, 0.25) is 0 Å². The molecular weight excluding hydrogens is 356 g/mol. The van der Waals surface area contributed by atoms with Crippen LogP contribution in [0.1, 0.15) is 43.5 Å². The first kappa shape index (κ1) is 20.7. The Morgan fingerprint density at radius 2 is 1.48 bits per heavy atom. The molecule has 150 valence electrons. The van der Waals surface area contributed by atoms with Gasteiger partial charge in [0.25, 0.3) is 5.91 Å². The molecule has 0 heterocycles. The second-order valence-corrected chi connectivity index (χ2v) is 7.25. The van der Waals surface area contributed by atoms with E-state index in [0.29, 0.717) is 5.56 Å². The van der Waals surface area contributed by atoms with Gasteiger partial charge in [-0.25, -0.2) is 0 Å². The number of hydrogen-bond acceptors (Lipinski definition) is 2. The van der Waals surface area contributed by atoms with Crippen LogP contribution in [0.4, 0.5) is 11.4 Å². The van der Waals surface area contributed by atoms with E-state index in [1.54, 1.807) is 0 Å². The Kier molecular flexibility index (Phi) is 7.46. The number of carbonyl (C=O) groups is 1. The summed E-state index contributed by atoms with van der Waals surface area (Å²) in [6, 6.07) is 25.9. The molecule has 3 aromatic rings. The Morgan fingerprint density at radius 1 is 0.793 bits per heavy atom. The van der Waals surface area contributed by atoms with Crippen LogP contribution in [-0.2, 0) is 0 Å². The van der Waals surface area contributed by atoms with Crippen molar-refractivity contribution >= 4 is 17.3 Å². The molecule has 0 atom stereocenters. The zero-order chi connectivity index (χ0) is 20.5. The van der Waals surface area contributed by atoms with E-state index in [-0.39, 0.29) is 5.91 Å². The number of nitrogens with zero attached hydrogens (tertiary/aromatic N) is 1. The van der Waals surface area contributed by atoms with E-state index in [0.717, 1.165) is 36.3 Å². The lowest BCUT2D eigenvalue weighted by atomic mass is 9.99. The molecule has 0 aromatic heterocycles. The van der Waals surface area contributed by atoms with Crippen molar-refractivity contribution < 1.29 is 4.79 Å². The van der Waals surface area contributed by atoms with E-state index in [4.69, 9.17) is 0 Å². The number of carbonyl (C=O) groups excluding carboxylic acids is 1. The lowest BCUT2D eigenvalue weighted by molar-refractivity contribution is 0.102. The van der Waals surface area contributed by atoms with Crippen LogP contribution >= 0.6 is 0 Å². The van der Waals surface area contributed by atoms with Gasteiger partial charge >= 0.3 is 0 Å². The van der Waals surface area contributed by atoms with Crippen LogP contribution in [0.25, 0.3) is 11.1 Å². The highest BCUT2D eigenvalue weighted by atomic mass is 16.1. The van der Waals surface area contributed by atoms with Crippen molar-refractivity contribution in [2.45, 2.75) is 33.1 Å². The van der Waals surface area contributed by atoms with Crippen LogP contribution in [-0.4, -0.2) is 19.0 Å². The monoisotopic (exact) mass is 386 g/mol. The first-order valence-corrected chi connectivity index (χ1v) is 10.5. The Balaban J connectivity index is 1.75. The van der Waals surface area contributed by atoms with Crippen molar-refractivity contribution in [3.05, 3.63) is 84.4 Å². The zero-order valence-electron chi connectivity index (χ0n) is 17.4. The minimum atomic E-state index is -0.0893. The van der Waals surface area contributed by atoms with Crippen LogP contribution in [0, 0.1) is 0 Å². The number of anilines is 2. The van der Waals surface area contributed by atoms with Gasteiger partial charge in [-0.3, -0.25) is 4.79 Å². The maximum absolute atomic E-state index is 12.9. The summed E-state index contributed by atoms with van der Waals surface area (Å²) >= 11 is 0. The number of unbranched alkanes of at least 4 members (excludes halogenated alkanes) is 1. The van der Waals surface area contributed by atoms with Gasteiger partial charge in [0.05, 0.1) is 0 Å². The fraction of sp³-hybridized carbons (Fsp3) is 0.269. The predicted octanol–water partition coefficient (Wildman–Crippen LogP) is 6.62.